The summed E-state index contributed by atoms with van der Waals surface area (Å²) in [7, 11) is 0. The Hall–Kier alpha value is -5.75. The number of rotatable bonds is 12. The number of nitrogens with zero attached hydrogens (tertiary/aromatic N) is 4. The number of hydrogen-bond acceptors (Lipinski definition) is 6. The number of likely N-dealkylation sites (tertiary alicyclic amines) is 2. The van der Waals surface area contributed by atoms with Crippen LogP contribution in [0, 0.1) is 5.92 Å². The lowest BCUT2D eigenvalue weighted by Gasteiger charge is -2.29. The second kappa shape index (κ2) is 15.9. The number of aromatic amines is 2. The third kappa shape index (κ3) is 8.02. The fourth-order valence-corrected chi connectivity index (χ4v) is 7.49. The van der Waals surface area contributed by atoms with Crippen LogP contribution in [0.3, 0.4) is 0 Å². The minimum Gasteiger partial charge on any atom is -0.465 e. The van der Waals surface area contributed by atoms with E-state index >= 15 is 0 Å². The number of imidazole rings is 2. The molecule has 7 rings (SSSR count). The molecule has 4 heterocycles. The topological polar surface area (TPSA) is 159 Å². The van der Waals surface area contributed by atoms with E-state index in [0.717, 1.165) is 77.3 Å². The summed E-state index contributed by atoms with van der Waals surface area (Å²) in [6.07, 6.45) is 5.86. The van der Waals surface area contributed by atoms with Crippen molar-refractivity contribution >= 4 is 17.9 Å². The number of nitrogens with one attached hydrogen (secondary N) is 4. The first-order valence-electron chi connectivity index (χ1n) is 18.4. The Balaban J connectivity index is 0.969. The summed E-state index contributed by atoms with van der Waals surface area (Å²) in [6, 6.07) is 25.6. The van der Waals surface area contributed by atoms with E-state index in [2.05, 4.69) is 74.1 Å². The van der Waals surface area contributed by atoms with Gasteiger partial charge in [-0.1, -0.05) is 92.7 Å². The summed E-state index contributed by atoms with van der Waals surface area (Å²) < 4.78 is 0. The van der Waals surface area contributed by atoms with Gasteiger partial charge >= 0.3 is 6.09 Å². The van der Waals surface area contributed by atoms with Crippen molar-refractivity contribution in [3.8, 4) is 33.6 Å². The van der Waals surface area contributed by atoms with Gasteiger partial charge in [-0.2, -0.15) is 0 Å². The fraction of sp³-hybridized carbons (Fsp3) is 0.341. The molecular formula is C41H46N8O4. The quantitative estimate of drug-likeness (QED) is 0.0981. The molecule has 0 bridgehead atoms. The Bertz CT molecular complexity index is 2020. The van der Waals surface area contributed by atoms with Gasteiger partial charge in [0.25, 0.3) is 0 Å². The number of carbonyl (C=O) groups is 3. The highest BCUT2D eigenvalue weighted by molar-refractivity contribution is 5.86. The van der Waals surface area contributed by atoms with Gasteiger partial charge in [0.05, 0.1) is 42.4 Å². The summed E-state index contributed by atoms with van der Waals surface area (Å²) in [5, 5.41) is 14.9. The average molecular weight is 715 g/mol. The summed E-state index contributed by atoms with van der Waals surface area (Å²) in [5.74, 6) is 1.21. The molecule has 5 N–H and O–H groups in total. The molecule has 3 atom stereocenters. The van der Waals surface area contributed by atoms with Crippen LogP contribution >= 0.6 is 0 Å². The molecule has 0 radical (unpaired) electrons. The van der Waals surface area contributed by atoms with Crippen molar-refractivity contribution in [3.05, 3.63) is 108 Å². The van der Waals surface area contributed by atoms with Crippen molar-refractivity contribution in [2.45, 2.75) is 64.2 Å². The summed E-state index contributed by atoms with van der Waals surface area (Å²) >= 11 is 0. The van der Waals surface area contributed by atoms with E-state index in [4.69, 9.17) is 4.98 Å². The van der Waals surface area contributed by atoms with E-state index in [0.29, 0.717) is 25.5 Å². The van der Waals surface area contributed by atoms with E-state index in [1.165, 1.54) is 0 Å². The third-order valence-electron chi connectivity index (χ3n) is 10.3. The van der Waals surface area contributed by atoms with Crippen molar-refractivity contribution in [2.75, 3.05) is 19.6 Å². The van der Waals surface area contributed by atoms with Crippen LogP contribution < -0.4 is 10.6 Å². The van der Waals surface area contributed by atoms with Crippen molar-refractivity contribution in [3.63, 3.8) is 0 Å². The second-order valence-electron chi connectivity index (χ2n) is 14.2. The van der Waals surface area contributed by atoms with Crippen molar-refractivity contribution in [1.82, 2.24) is 40.4 Å². The molecule has 2 saturated heterocycles. The maximum atomic E-state index is 13.3. The van der Waals surface area contributed by atoms with E-state index in [1.54, 1.807) is 11.1 Å². The highest BCUT2D eigenvalue weighted by atomic mass is 16.4. The maximum Gasteiger partial charge on any atom is 0.405 e. The molecular weight excluding hydrogens is 669 g/mol. The predicted molar refractivity (Wildman–Crippen MR) is 202 cm³/mol. The molecule has 0 saturated carbocycles. The Morgan fingerprint density at radius 1 is 0.755 bits per heavy atom. The molecule has 53 heavy (non-hydrogen) atoms. The molecule has 12 heteroatoms. The summed E-state index contributed by atoms with van der Waals surface area (Å²) in [4.78, 5) is 57.7. The standard InChI is InChI=1S/C41H46N8O4/c1-26(2)37(47-41(52)53)40(51)49-21-7-11-35(49)39-44-24-33(46-39)31-18-14-29(15-19-31)28-12-16-30(17-13-28)32-23-43-38(45-32)34-10-6-20-48(34)36(50)25-42-22-27-8-4-3-5-9-27/h3-5,8-9,12-19,23-24,26,34-35,37,42,47H,6-7,10-11,20-22,25H2,1-2H3,(H,43,45)(H,44,46)(H,52,53)/t34-,35-,37-/m0/s1. The normalized spacial score (nSPS) is 17.7. The number of H-pyrrole nitrogens is 2. The van der Waals surface area contributed by atoms with Gasteiger partial charge < -0.3 is 35.5 Å². The van der Waals surface area contributed by atoms with Crippen LogP contribution in [0.15, 0.2) is 91.3 Å². The van der Waals surface area contributed by atoms with Crippen LogP contribution in [-0.2, 0) is 16.1 Å². The van der Waals surface area contributed by atoms with Gasteiger partial charge in [-0.3, -0.25) is 9.59 Å². The predicted octanol–water partition coefficient (Wildman–Crippen LogP) is 6.54. The van der Waals surface area contributed by atoms with Crippen LogP contribution in [-0.4, -0.2) is 78.4 Å². The van der Waals surface area contributed by atoms with Crippen molar-refractivity contribution in [2.24, 2.45) is 5.92 Å². The first kappa shape index (κ1) is 35.6. The van der Waals surface area contributed by atoms with E-state index in [-0.39, 0.29) is 29.8 Å². The Morgan fingerprint density at radius 2 is 1.26 bits per heavy atom. The van der Waals surface area contributed by atoms with Gasteiger partial charge in [-0.05, 0) is 59.4 Å². The zero-order valence-corrected chi connectivity index (χ0v) is 30.1. The number of aromatic nitrogens is 4. The highest BCUT2D eigenvalue weighted by Crippen LogP contribution is 2.34. The number of carboxylic acid groups (broad SMARTS) is 1. The van der Waals surface area contributed by atoms with Gasteiger partial charge in [-0.15, -0.1) is 0 Å². The third-order valence-corrected chi connectivity index (χ3v) is 10.3. The first-order chi connectivity index (χ1) is 25.7. The average Bonchev–Trinajstić information content (AvgIpc) is 4.01. The zero-order valence-electron chi connectivity index (χ0n) is 30.1. The molecule has 3 amide bonds. The molecule has 3 aromatic carbocycles. The van der Waals surface area contributed by atoms with Crippen molar-refractivity contribution < 1.29 is 19.5 Å². The first-order valence-corrected chi connectivity index (χ1v) is 18.4. The lowest BCUT2D eigenvalue weighted by molar-refractivity contribution is -0.135. The van der Waals surface area contributed by atoms with E-state index in [9.17, 15) is 19.5 Å². The van der Waals surface area contributed by atoms with Gasteiger partial charge in [0.2, 0.25) is 11.8 Å². The van der Waals surface area contributed by atoms with Gasteiger partial charge in [-0.25, -0.2) is 14.8 Å². The highest BCUT2D eigenvalue weighted by Gasteiger charge is 2.37. The van der Waals surface area contributed by atoms with Crippen LogP contribution in [0.4, 0.5) is 4.79 Å². The van der Waals surface area contributed by atoms with Gasteiger partial charge in [0.15, 0.2) is 0 Å². The molecule has 0 aliphatic carbocycles. The number of carbonyl (C=O) groups excluding carboxylic acids is 2. The van der Waals surface area contributed by atoms with Crippen LogP contribution in [0.25, 0.3) is 33.6 Å². The lowest BCUT2D eigenvalue weighted by atomic mass is 10.0. The number of benzene rings is 3. The SMILES string of the molecule is CC(C)[C@H](NC(=O)O)C(=O)N1CCC[C@H]1c1ncc(-c2ccc(-c3ccc(-c4cnc([C@@H]5CCCN5C(=O)CNCc5ccccc5)[nH]4)cc3)cc2)[nH]1. The molecule has 5 aromatic rings. The zero-order chi connectivity index (χ0) is 36.9. The number of amides is 3. The molecule has 2 fully saturated rings. The van der Waals surface area contributed by atoms with Crippen LogP contribution in [0.2, 0.25) is 0 Å². The second-order valence-corrected chi connectivity index (χ2v) is 14.2. The smallest absolute Gasteiger partial charge is 0.405 e. The minimum absolute atomic E-state index is 0.0588. The summed E-state index contributed by atoms with van der Waals surface area (Å²) in [6.45, 7) is 5.92. The minimum atomic E-state index is -1.20. The molecule has 0 spiro atoms. The molecule has 0 unspecified atom stereocenters. The molecule has 2 aromatic heterocycles. The fourth-order valence-electron chi connectivity index (χ4n) is 7.49. The molecule has 2 aliphatic rings. The maximum absolute atomic E-state index is 13.3. The van der Waals surface area contributed by atoms with Gasteiger partial charge in [0.1, 0.15) is 17.7 Å². The molecule has 274 valence electrons. The van der Waals surface area contributed by atoms with Gasteiger partial charge in [0, 0.05) is 19.6 Å². The van der Waals surface area contributed by atoms with Crippen molar-refractivity contribution in [1.29, 1.82) is 0 Å². The monoisotopic (exact) mass is 714 g/mol. The Kier molecular flexibility index (Phi) is 10.7. The molecule has 2 aliphatic heterocycles. The summed E-state index contributed by atoms with van der Waals surface area (Å²) in [5.41, 5.74) is 7.07. The van der Waals surface area contributed by atoms with E-state index < -0.39 is 12.1 Å². The van der Waals surface area contributed by atoms with Crippen LogP contribution in [0.1, 0.15) is 68.8 Å². The lowest BCUT2D eigenvalue weighted by Crippen LogP contribution is -2.50. The molecule has 12 nitrogen and oxygen atoms in total. The largest absolute Gasteiger partial charge is 0.465 e. The van der Waals surface area contributed by atoms with E-state index in [1.807, 2.05) is 55.3 Å². The Labute approximate surface area is 309 Å². The Morgan fingerprint density at radius 3 is 1.79 bits per heavy atom. The van der Waals surface area contributed by atoms with Crippen LogP contribution in [0.5, 0.6) is 0 Å². The number of hydrogen-bond donors (Lipinski definition) is 5.